The van der Waals surface area contributed by atoms with Crippen LogP contribution in [0.4, 0.5) is 18.9 Å². The van der Waals surface area contributed by atoms with Crippen LogP contribution in [0.15, 0.2) is 78.9 Å². The van der Waals surface area contributed by atoms with E-state index in [4.69, 9.17) is 0 Å². The largest absolute Gasteiger partial charge is 0.416 e. The first-order chi connectivity index (χ1) is 18.5. The second kappa shape index (κ2) is 12.0. The second-order valence-electron chi connectivity index (χ2n) is 10.6. The summed E-state index contributed by atoms with van der Waals surface area (Å²) < 4.78 is 40.6. The predicted octanol–water partition coefficient (Wildman–Crippen LogP) is 6.63. The Bertz CT molecular complexity index is 1280. The Balaban J connectivity index is 1.62. The maximum absolute atomic E-state index is 13.5. The number of alkyl halides is 3. The van der Waals surface area contributed by atoms with Crippen LogP contribution in [0.25, 0.3) is 0 Å². The van der Waals surface area contributed by atoms with Gasteiger partial charge in [-0.3, -0.25) is 19.8 Å². The Morgan fingerprint density at radius 2 is 1.72 bits per heavy atom. The lowest BCUT2D eigenvalue weighted by Gasteiger charge is -2.30. The Hall–Kier alpha value is -3.72. The van der Waals surface area contributed by atoms with Crippen molar-refractivity contribution < 1.29 is 22.9 Å². The zero-order valence-corrected chi connectivity index (χ0v) is 22.0. The molecule has 6 nitrogen and oxygen atoms in total. The van der Waals surface area contributed by atoms with Crippen LogP contribution in [0.5, 0.6) is 0 Å². The average Bonchev–Trinajstić information content (AvgIpc) is 3.30. The first-order valence-corrected chi connectivity index (χ1v) is 13.0. The molecule has 4 rings (SSSR count). The van der Waals surface area contributed by atoms with Gasteiger partial charge in [-0.25, -0.2) is 0 Å². The van der Waals surface area contributed by atoms with Crippen molar-refractivity contribution in [3.05, 3.63) is 111 Å². The lowest BCUT2D eigenvalue weighted by Crippen LogP contribution is -2.39. The number of carbonyl (C=O) groups excluding carboxylic acids is 1. The van der Waals surface area contributed by atoms with Crippen molar-refractivity contribution in [2.75, 3.05) is 26.2 Å². The van der Waals surface area contributed by atoms with E-state index in [9.17, 15) is 28.1 Å². The molecule has 2 unspecified atom stereocenters. The summed E-state index contributed by atoms with van der Waals surface area (Å²) >= 11 is 0. The quantitative estimate of drug-likeness (QED) is 0.226. The number of rotatable bonds is 9. The molecule has 0 spiro atoms. The van der Waals surface area contributed by atoms with Gasteiger partial charge in [-0.15, -0.1) is 0 Å². The number of nitro benzene ring substituents is 1. The molecule has 206 valence electrons. The van der Waals surface area contributed by atoms with Crippen LogP contribution < -0.4 is 0 Å². The number of halogens is 3. The number of benzene rings is 3. The summed E-state index contributed by atoms with van der Waals surface area (Å²) in [5, 5.41) is 11.0. The number of nitro groups is 1. The van der Waals surface area contributed by atoms with Crippen LogP contribution in [-0.2, 0) is 12.7 Å². The van der Waals surface area contributed by atoms with Gasteiger partial charge in [0.1, 0.15) is 0 Å². The molecule has 0 aromatic heterocycles. The standard InChI is InChI=1S/C30H32F3N3O3/c1-21(2)16-35(29(37)23-7-4-3-5-8-23)19-25-18-34(17-22-11-13-27(14-12-22)36(38)39)20-28(25)24-9-6-10-26(15-24)30(31,32)33/h3-15,21,25,28H,16-20H2,1-2H3. The van der Waals surface area contributed by atoms with Crippen molar-refractivity contribution in [2.45, 2.75) is 32.5 Å². The minimum absolute atomic E-state index is 0.00337. The summed E-state index contributed by atoms with van der Waals surface area (Å²) in [7, 11) is 0. The van der Waals surface area contributed by atoms with Crippen molar-refractivity contribution in [3.8, 4) is 0 Å². The van der Waals surface area contributed by atoms with E-state index in [0.717, 1.165) is 11.6 Å². The smallest absolute Gasteiger partial charge is 0.338 e. The number of amides is 1. The molecular formula is C30H32F3N3O3. The van der Waals surface area contributed by atoms with Gasteiger partial charge < -0.3 is 4.90 Å². The van der Waals surface area contributed by atoms with Crippen molar-refractivity contribution in [1.82, 2.24) is 9.80 Å². The van der Waals surface area contributed by atoms with Gasteiger partial charge in [-0.1, -0.05) is 62.4 Å². The molecule has 0 aliphatic carbocycles. The number of likely N-dealkylation sites (tertiary alicyclic amines) is 1. The maximum atomic E-state index is 13.5. The van der Waals surface area contributed by atoms with E-state index in [0.29, 0.717) is 43.9 Å². The van der Waals surface area contributed by atoms with E-state index in [1.807, 2.05) is 36.9 Å². The topological polar surface area (TPSA) is 66.7 Å². The zero-order chi connectivity index (χ0) is 28.2. The number of nitrogens with zero attached hydrogens (tertiary/aromatic N) is 3. The Morgan fingerprint density at radius 1 is 1.03 bits per heavy atom. The Morgan fingerprint density at radius 3 is 2.33 bits per heavy atom. The third-order valence-electron chi connectivity index (χ3n) is 7.06. The third-order valence-corrected chi connectivity index (χ3v) is 7.06. The summed E-state index contributed by atoms with van der Waals surface area (Å²) in [6, 6.07) is 20.8. The lowest BCUT2D eigenvalue weighted by atomic mass is 9.87. The van der Waals surface area contributed by atoms with E-state index in [1.165, 1.54) is 24.3 Å². The summed E-state index contributed by atoms with van der Waals surface area (Å²) in [6.07, 6.45) is -4.45. The normalized spacial score (nSPS) is 17.9. The van der Waals surface area contributed by atoms with Gasteiger partial charge in [-0.2, -0.15) is 13.2 Å². The highest BCUT2D eigenvalue weighted by Gasteiger charge is 2.38. The van der Waals surface area contributed by atoms with Gasteiger partial charge in [-0.05, 0) is 41.2 Å². The average molecular weight is 540 g/mol. The van der Waals surface area contributed by atoms with Gasteiger partial charge in [0.05, 0.1) is 10.5 Å². The van der Waals surface area contributed by atoms with Crippen LogP contribution in [0, 0.1) is 22.0 Å². The van der Waals surface area contributed by atoms with Gasteiger partial charge in [0.15, 0.2) is 0 Å². The number of carbonyl (C=O) groups is 1. The molecule has 0 saturated carbocycles. The SMILES string of the molecule is CC(C)CN(CC1CN(Cc2ccc([N+](=O)[O-])cc2)CC1c1cccc(C(F)(F)F)c1)C(=O)c1ccccc1. The number of hydrogen-bond donors (Lipinski definition) is 0. The van der Waals surface area contributed by atoms with Crippen molar-refractivity contribution in [3.63, 3.8) is 0 Å². The van der Waals surface area contributed by atoms with Crippen molar-refractivity contribution in [1.29, 1.82) is 0 Å². The molecule has 1 aliphatic heterocycles. The van der Waals surface area contributed by atoms with Crippen LogP contribution >= 0.6 is 0 Å². The summed E-state index contributed by atoms with van der Waals surface area (Å²) in [5.74, 6) is -0.204. The van der Waals surface area contributed by atoms with E-state index < -0.39 is 16.7 Å². The second-order valence-corrected chi connectivity index (χ2v) is 10.6. The van der Waals surface area contributed by atoms with E-state index in [2.05, 4.69) is 4.90 Å². The monoisotopic (exact) mass is 539 g/mol. The van der Waals surface area contributed by atoms with Crippen LogP contribution in [0.2, 0.25) is 0 Å². The molecular weight excluding hydrogens is 507 g/mol. The highest BCUT2D eigenvalue weighted by molar-refractivity contribution is 5.94. The first-order valence-electron chi connectivity index (χ1n) is 13.0. The number of hydrogen-bond acceptors (Lipinski definition) is 4. The molecule has 1 aliphatic rings. The molecule has 2 atom stereocenters. The summed E-state index contributed by atoms with van der Waals surface area (Å²) in [4.78, 5) is 28.0. The summed E-state index contributed by atoms with van der Waals surface area (Å²) in [6.45, 7) is 6.59. The molecule has 1 amide bonds. The van der Waals surface area contributed by atoms with Gasteiger partial charge in [0.25, 0.3) is 11.6 Å². The maximum Gasteiger partial charge on any atom is 0.416 e. The molecule has 0 radical (unpaired) electrons. The summed E-state index contributed by atoms with van der Waals surface area (Å²) in [5.41, 5.74) is 1.37. The molecule has 3 aromatic carbocycles. The predicted molar refractivity (Wildman–Crippen MR) is 143 cm³/mol. The van der Waals surface area contributed by atoms with Crippen LogP contribution in [0.1, 0.15) is 46.8 Å². The first kappa shape index (κ1) is 28.3. The minimum atomic E-state index is -4.45. The molecule has 1 fully saturated rings. The van der Waals surface area contributed by atoms with Crippen LogP contribution in [0.3, 0.4) is 0 Å². The Kier molecular flexibility index (Phi) is 8.70. The molecule has 9 heteroatoms. The minimum Gasteiger partial charge on any atom is -0.338 e. The Labute approximate surface area is 226 Å². The third kappa shape index (κ3) is 7.23. The van der Waals surface area contributed by atoms with Crippen molar-refractivity contribution >= 4 is 11.6 Å². The number of non-ortho nitro benzene ring substituents is 1. The van der Waals surface area contributed by atoms with Crippen molar-refractivity contribution in [2.24, 2.45) is 11.8 Å². The van der Waals surface area contributed by atoms with E-state index in [-0.39, 0.29) is 29.3 Å². The molecule has 3 aromatic rings. The lowest BCUT2D eigenvalue weighted by molar-refractivity contribution is -0.384. The zero-order valence-electron chi connectivity index (χ0n) is 22.0. The molecule has 1 heterocycles. The fraction of sp³-hybridized carbons (Fsp3) is 0.367. The molecule has 0 N–H and O–H groups in total. The van der Waals surface area contributed by atoms with Gasteiger partial charge in [0, 0.05) is 56.3 Å². The fourth-order valence-corrected chi connectivity index (χ4v) is 5.31. The molecule has 0 bridgehead atoms. The van der Waals surface area contributed by atoms with E-state index in [1.54, 1.807) is 30.3 Å². The highest BCUT2D eigenvalue weighted by Crippen LogP contribution is 2.37. The van der Waals surface area contributed by atoms with Gasteiger partial charge in [0.2, 0.25) is 0 Å². The fourth-order valence-electron chi connectivity index (χ4n) is 5.31. The molecule has 1 saturated heterocycles. The van der Waals surface area contributed by atoms with E-state index >= 15 is 0 Å². The molecule has 39 heavy (non-hydrogen) atoms. The van der Waals surface area contributed by atoms with Crippen LogP contribution in [-0.4, -0.2) is 46.8 Å². The van der Waals surface area contributed by atoms with Gasteiger partial charge >= 0.3 is 6.18 Å². The highest BCUT2D eigenvalue weighted by atomic mass is 19.4.